The van der Waals surface area contributed by atoms with Gasteiger partial charge in [0.2, 0.25) is 0 Å². The number of para-hydroxylation sites is 1. The number of nitrogens with zero attached hydrogens (tertiary/aromatic N) is 1. The second-order valence-electron chi connectivity index (χ2n) is 6.20. The molecule has 2 aromatic rings. The second-order valence-corrected chi connectivity index (χ2v) is 6.20. The van der Waals surface area contributed by atoms with Crippen molar-refractivity contribution in [3.05, 3.63) is 46.2 Å². The molecule has 4 nitrogen and oxygen atoms in total. The lowest BCUT2D eigenvalue weighted by Gasteiger charge is -2.33. The number of aromatic amines is 1. The fraction of sp³-hybridized carbons (Fsp3) is 0.500. The monoisotopic (exact) mass is 300 g/mol. The number of nitrogens with one attached hydrogen (secondary N) is 1. The van der Waals surface area contributed by atoms with Gasteiger partial charge in [-0.3, -0.25) is 9.69 Å². The van der Waals surface area contributed by atoms with Gasteiger partial charge in [0.25, 0.3) is 5.56 Å². The lowest BCUT2D eigenvalue weighted by molar-refractivity contribution is 0.117. The minimum Gasteiger partial charge on any atom is -0.395 e. The van der Waals surface area contributed by atoms with Crippen LogP contribution < -0.4 is 5.56 Å². The Morgan fingerprint density at radius 3 is 2.73 bits per heavy atom. The van der Waals surface area contributed by atoms with E-state index < -0.39 is 0 Å². The largest absolute Gasteiger partial charge is 0.395 e. The van der Waals surface area contributed by atoms with Crippen LogP contribution in [0.4, 0.5) is 0 Å². The van der Waals surface area contributed by atoms with Crippen LogP contribution in [0.15, 0.2) is 35.1 Å². The quantitative estimate of drug-likeness (QED) is 0.892. The number of hydrogen-bond acceptors (Lipinski definition) is 3. The third kappa shape index (κ3) is 3.39. The van der Waals surface area contributed by atoms with Gasteiger partial charge in [-0.2, -0.15) is 0 Å². The van der Waals surface area contributed by atoms with Crippen LogP contribution in [0.3, 0.4) is 0 Å². The summed E-state index contributed by atoms with van der Waals surface area (Å²) < 4.78 is 0. The Kier molecular flexibility index (Phi) is 4.90. The van der Waals surface area contributed by atoms with E-state index in [1.54, 1.807) is 0 Å². The van der Waals surface area contributed by atoms with Crippen molar-refractivity contribution in [2.75, 3.05) is 13.2 Å². The van der Waals surface area contributed by atoms with Gasteiger partial charge in [0, 0.05) is 30.2 Å². The normalized spacial score (nSPS) is 16.5. The highest BCUT2D eigenvalue weighted by atomic mass is 16.3. The van der Waals surface area contributed by atoms with Crippen LogP contribution in [0.25, 0.3) is 10.9 Å². The zero-order valence-corrected chi connectivity index (χ0v) is 12.9. The van der Waals surface area contributed by atoms with E-state index in [2.05, 4.69) is 9.88 Å². The van der Waals surface area contributed by atoms with Crippen LogP contribution in [0.1, 0.15) is 37.7 Å². The first-order chi connectivity index (χ1) is 10.8. The van der Waals surface area contributed by atoms with Crippen LogP contribution in [0.2, 0.25) is 0 Å². The molecule has 3 rings (SSSR count). The molecular formula is C18H24N2O2. The van der Waals surface area contributed by atoms with E-state index >= 15 is 0 Å². The molecule has 1 fully saturated rings. The average molecular weight is 300 g/mol. The molecule has 118 valence electrons. The molecule has 0 spiro atoms. The molecule has 1 heterocycles. The first-order valence-electron chi connectivity index (χ1n) is 8.24. The summed E-state index contributed by atoms with van der Waals surface area (Å²) in [5.41, 5.74) is 1.65. The van der Waals surface area contributed by atoms with Crippen molar-refractivity contribution in [3.63, 3.8) is 0 Å². The Labute approximate surface area is 130 Å². The minimum absolute atomic E-state index is 0.0163. The molecular weight excluding hydrogens is 276 g/mol. The van der Waals surface area contributed by atoms with Gasteiger partial charge in [0.1, 0.15) is 0 Å². The molecule has 0 saturated heterocycles. The Morgan fingerprint density at radius 1 is 1.18 bits per heavy atom. The van der Waals surface area contributed by atoms with E-state index in [9.17, 15) is 9.90 Å². The molecule has 1 aliphatic carbocycles. The fourth-order valence-electron chi connectivity index (χ4n) is 3.49. The highest BCUT2D eigenvalue weighted by molar-refractivity contribution is 5.78. The van der Waals surface area contributed by atoms with Crippen molar-refractivity contribution >= 4 is 10.9 Å². The van der Waals surface area contributed by atoms with Crippen LogP contribution in [-0.2, 0) is 6.54 Å². The summed E-state index contributed by atoms with van der Waals surface area (Å²) in [6.07, 6.45) is 6.15. The molecule has 1 aromatic heterocycles. The number of hydrogen-bond donors (Lipinski definition) is 2. The van der Waals surface area contributed by atoms with E-state index in [1.165, 1.54) is 32.1 Å². The summed E-state index contributed by atoms with van der Waals surface area (Å²) >= 11 is 0. The Morgan fingerprint density at radius 2 is 1.95 bits per heavy atom. The van der Waals surface area contributed by atoms with Gasteiger partial charge in [0.05, 0.1) is 6.61 Å². The van der Waals surface area contributed by atoms with Crippen molar-refractivity contribution in [1.29, 1.82) is 0 Å². The zero-order valence-electron chi connectivity index (χ0n) is 12.9. The standard InChI is InChI=1S/C18H24N2O2/c21-11-10-20(16-7-2-1-3-8-16)13-15-12-14-6-4-5-9-17(14)19-18(15)22/h4-6,9,12,16,21H,1-3,7-8,10-11,13H2,(H,19,22). The molecule has 1 aliphatic rings. The Balaban J connectivity index is 1.85. The number of pyridine rings is 1. The van der Waals surface area contributed by atoms with Gasteiger partial charge in [0.15, 0.2) is 0 Å². The molecule has 1 saturated carbocycles. The van der Waals surface area contributed by atoms with Crippen molar-refractivity contribution in [3.8, 4) is 0 Å². The summed E-state index contributed by atoms with van der Waals surface area (Å²) in [5, 5.41) is 10.4. The summed E-state index contributed by atoms with van der Waals surface area (Å²) in [7, 11) is 0. The maximum Gasteiger partial charge on any atom is 0.252 e. The second kappa shape index (κ2) is 7.07. The summed E-state index contributed by atoms with van der Waals surface area (Å²) in [6, 6.07) is 10.3. The van der Waals surface area contributed by atoms with E-state index in [1.807, 2.05) is 30.3 Å². The predicted molar refractivity (Wildman–Crippen MR) is 88.9 cm³/mol. The first-order valence-corrected chi connectivity index (χ1v) is 8.24. The van der Waals surface area contributed by atoms with Crippen molar-refractivity contribution in [1.82, 2.24) is 9.88 Å². The summed E-state index contributed by atoms with van der Waals surface area (Å²) in [5.74, 6) is 0. The molecule has 1 aromatic carbocycles. The molecule has 0 aliphatic heterocycles. The molecule has 0 unspecified atom stereocenters. The molecule has 0 atom stereocenters. The van der Waals surface area contributed by atoms with Crippen LogP contribution in [0, 0.1) is 0 Å². The number of aliphatic hydroxyl groups excluding tert-OH is 1. The van der Waals surface area contributed by atoms with Gasteiger partial charge in [-0.25, -0.2) is 0 Å². The predicted octanol–water partition coefficient (Wildman–Crippen LogP) is 2.66. The van der Waals surface area contributed by atoms with Gasteiger partial charge < -0.3 is 10.1 Å². The maximum atomic E-state index is 12.3. The van der Waals surface area contributed by atoms with E-state index in [0.717, 1.165) is 16.5 Å². The van der Waals surface area contributed by atoms with Crippen LogP contribution >= 0.6 is 0 Å². The molecule has 0 amide bonds. The summed E-state index contributed by atoms with van der Waals surface area (Å²) in [4.78, 5) is 17.6. The van der Waals surface area contributed by atoms with E-state index in [-0.39, 0.29) is 12.2 Å². The topological polar surface area (TPSA) is 56.3 Å². The highest BCUT2D eigenvalue weighted by Crippen LogP contribution is 2.23. The van der Waals surface area contributed by atoms with Gasteiger partial charge in [-0.05, 0) is 30.4 Å². The lowest BCUT2D eigenvalue weighted by atomic mass is 9.94. The molecule has 0 bridgehead atoms. The highest BCUT2D eigenvalue weighted by Gasteiger charge is 2.21. The molecule has 4 heteroatoms. The van der Waals surface area contributed by atoms with Crippen molar-refractivity contribution in [2.45, 2.75) is 44.7 Å². The number of benzene rings is 1. The minimum atomic E-state index is -0.0163. The Bertz CT molecular complexity index is 674. The van der Waals surface area contributed by atoms with Gasteiger partial charge in [-0.15, -0.1) is 0 Å². The first kappa shape index (κ1) is 15.3. The lowest BCUT2D eigenvalue weighted by Crippen LogP contribution is -2.39. The third-order valence-electron chi connectivity index (χ3n) is 4.68. The van der Waals surface area contributed by atoms with Crippen LogP contribution in [0.5, 0.6) is 0 Å². The van der Waals surface area contributed by atoms with Crippen molar-refractivity contribution < 1.29 is 5.11 Å². The number of H-pyrrole nitrogens is 1. The third-order valence-corrected chi connectivity index (χ3v) is 4.68. The molecule has 0 radical (unpaired) electrons. The van der Waals surface area contributed by atoms with E-state index in [0.29, 0.717) is 19.1 Å². The number of fused-ring (bicyclic) bond motifs is 1. The smallest absolute Gasteiger partial charge is 0.252 e. The number of aromatic nitrogens is 1. The maximum absolute atomic E-state index is 12.3. The fourth-order valence-corrected chi connectivity index (χ4v) is 3.49. The number of aliphatic hydroxyl groups is 1. The van der Waals surface area contributed by atoms with Gasteiger partial charge >= 0.3 is 0 Å². The zero-order chi connectivity index (χ0) is 15.4. The van der Waals surface area contributed by atoms with Crippen LogP contribution in [-0.4, -0.2) is 34.2 Å². The summed E-state index contributed by atoms with van der Waals surface area (Å²) in [6.45, 7) is 1.39. The Hall–Kier alpha value is -1.65. The van der Waals surface area contributed by atoms with Gasteiger partial charge in [-0.1, -0.05) is 37.5 Å². The SMILES string of the molecule is O=c1[nH]c2ccccc2cc1CN(CCO)C1CCCCC1. The molecule has 2 N–H and O–H groups in total. The van der Waals surface area contributed by atoms with E-state index in [4.69, 9.17) is 0 Å². The number of rotatable bonds is 5. The molecule has 22 heavy (non-hydrogen) atoms. The van der Waals surface area contributed by atoms with Crippen molar-refractivity contribution in [2.24, 2.45) is 0 Å². The average Bonchev–Trinajstić information content (AvgIpc) is 2.56.